The Kier molecular flexibility index (Phi) is 7.20. The van der Waals surface area contributed by atoms with E-state index in [1.165, 1.54) is 0 Å². The van der Waals surface area contributed by atoms with E-state index in [4.69, 9.17) is 0 Å². The number of carbonyl (C=O) groups excluding carboxylic acids is 3. The number of imide groups is 1. The molecule has 33 heavy (non-hydrogen) atoms. The molecule has 0 unspecified atom stereocenters. The summed E-state index contributed by atoms with van der Waals surface area (Å²) in [6.07, 6.45) is 1.59. The summed E-state index contributed by atoms with van der Waals surface area (Å²) in [7, 11) is 2.08. The topological polar surface area (TPSA) is 120 Å². The summed E-state index contributed by atoms with van der Waals surface area (Å²) < 4.78 is 0. The van der Waals surface area contributed by atoms with Crippen molar-refractivity contribution in [3.8, 4) is 0 Å². The van der Waals surface area contributed by atoms with Crippen LogP contribution in [0.2, 0.25) is 0 Å². The van der Waals surface area contributed by atoms with E-state index in [9.17, 15) is 14.4 Å². The third-order valence-corrected chi connectivity index (χ3v) is 6.02. The van der Waals surface area contributed by atoms with E-state index >= 15 is 0 Å². The lowest BCUT2D eigenvalue weighted by Crippen LogP contribution is -2.44. The lowest BCUT2D eigenvalue weighted by atomic mass is 10.2. The highest BCUT2D eigenvalue weighted by molar-refractivity contribution is 8.18. The molecular formula is C22H25N7O3S. The van der Waals surface area contributed by atoms with Gasteiger partial charge in [-0.1, -0.05) is 18.2 Å². The zero-order chi connectivity index (χ0) is 23.2. The molecule has 4 rings (SSSR count). The Morgan fingerprint density at radius 2 is 1.88 bits per heavy atom. The molecule has 10 nitrogen and oxygen atoms in total. The third-order valence-electron chi connectivity index (χ3n) is 5.21. The van der Waals surface area contributed by atoms with Crippen LogP contribution in [-0.2, 0) is 4.79 Å². The summed E-state index contributed by atoms with van der Waals surface area (Å²) in [5, 5.41) is 7.86. The lowest BCUT2D eigenvalue weighted by Gasteiger charge is -2.33. The fourth-order valence-electron chi connectivity index (χ4n) is 3.40. The molecule has 0 spiro atoms. The van der Waals surface area contributed by atoms with Crippen molar-refractivity contribution >= 4 is 46.7 Å². The molecule has 172 valence electrons. The third kappa shape index (κ3) is 6.08. The molecule has 0 atom stereocenters. The number of rotatable bonds is 7. The number of carbonyl (C=O) groups is 3. The number of nitrogens with zero attached hydrogens (tertiary/aromatic N) is 4. The normalized spacial score (nSPS) is 17.8. The average Bonchev–Trinajstić information content (AvgIpc) is 3.13. The van der Waals surface area contributed by atoms with Gasteiger partial charge in [0, 0.05) is 50.9 Å². The van der Waals surface area contributed by atoms with E-state index in [1.807, 2.05) is 24.3 Å². The minimum atomic E-state index is -0.428. The number of nitrogens with one attached hydrogen (secondary N) is 3. The van der Waals surface area contributed by atoms with E-state index in [1.54, 1.807) is 18.2 Å². The first kappa shape index (κ1) is 22.7. The standard InChI is InChI=1S/C22H25N7O3S/c1-28-9-11-29(12-10-28)18-14-16(13-17-20(31)27-22(32)33-17)25-21(26-18)24-8-7-23-19(30)15-5-3-2-4-6-15/h2-6,13-14H,7-12H2,1H3,(H,23,30)(H,24,25,26)(H,27,31,32). The Balaban J connectivity index is 1.45. The van der Waals surface area contributed by atoms with E-state index in [0.29, 0.717) is 35.2 Å². The van der Waals surface area contributed by atoms with E-state index in [0.717, 1.165) is 43.8 Å². The molecule has 0 aliphatic carbocycles. The van der Waals surface area contributed by atoms with Gasteiger partial charge in [0.05, 0.1) is 10.6 Å². The Morgan fingerprint density at radius 3 is 2.58 bits per heavy atom. The smallest absolute Gasteiger partial charge is 0.290 e. The zero-order valence-electron chi connectivity index (χ0n) is 18.2. The molecular weight excluding hydrogens is 442 g/mol. The maximum absolute atomic E-state index is 12.2. The van der Waals surface area contributed by atoms with E-state index < -0.39 is 11.1 Å². The van der Waals surface area contributed by atoms with Gasteiger partial charge >= 0.3 is 0 Å². The Hall–Kier alpha value is -3.44. The van der Waals surface area contributed by atoms with Crippen molar-refractivity contribution in [2.75, 3.05) is 56.5 Å². The van der Waals surface area contributed by atoms with Gasteiger partial charge in [-0.2, -0.15) is 4.98 Å². The second kappa shape index (κ2) is 10.5. The molecule has 3 amide bonds. The number of thioether (sulfide) groups is 1. The van der Waals surface area contributed by atoms with Crippen molar-refractivity contribution in [3.63, 3.8) is 0 Å². The Labute approximate surface area is 195 Å². The van der Waals surface area contributed by atoms with Crippen LogP contribution in [0.1, 0.15) is 16.1 Å². The lowest BCUT2D eigenvalue weighted by molar-refractivity contribution is -0.115. The minimum absolute atomic E-state index is 0.149. The number of aromatic nitrogens is 2. The highest BCUT2D eigenvalue weighted by Crippen LogP contribution is 2.26. The maximum Gasteiger partial charge on any atom is 0.290 e. The summed E-state index contributed by atoms with van der Waals surface area (Å²) in [5.41, 5.74) is 1.13. The highest BCUT2D eigenvalue weighted by Gasteiger charge is 2.25. The molecule has 0 bridgehead atoms. The predicted octanol–water partition coefficient (Wildman–Crippen LogP) is 1.39. The van der Waals surface area contributed by atoms with Gasteiger partial charge in [0.1, 0.15) is 5.82 Å². The number of hydrogen-bond acceptors (Lipinski definition) is 9. The van der Waals surface area contributed by atoms with Gasteiger partial charge in [0.15, 0.2) is 0 Å². The second-order valence-corrected chi connectivity index (χ2v) is 8.68. The van der Waals surface area contributed by atoms with E-state index in [-0.39, 0.29) is 5.91 Å². The maximum atomic E-state index is 12.2. The van der Waals surface area contributed by atoms with Crippen molar-refractivity contribution in [1.29, 1.82) is 0 Å². The summed E-state index contributed by atoms with van der Waals surface area (Å²) in [6, 6.07) is 10.8. The monoisotopic (exact) mass is 467 g/mol. The van der Waals surface area contributed by atoms with E-state index in [2.05, 4.69) is 42.8 Å². The van der Waals surface area contributed by atoms with Crippen LogP contribution >= 0.6 is 11.8 Å². The highest BCUT2D eigenvalue weighted by atomic mass is 32.2. The molecule has 2 aliphatic heterocycles. The van der Waals surface area contributed by atoms with Crippen LogP contribution in [0.15, 0.2) is 41.3 Å². The molecule has 0 saturated carbocycles. The average molecular weight is 468 g/mol. The molecule has 1 aromatic carbocycles. The largest absolute Gasteiger partial charge is 0.354 e. The quantitative estimate of drug-likeness (QED) is 0.410. The number of piperazine rings is 1. The fourth-order valence-corrected chi connectivity index (χ4v) is 4.07. The number of hydrogen-bond donors (Lipinski definition) is 3. The van der Waals surface area contributed by atoms with Crippen LogP contribution in [-0.4, -0.2) is 78.2 Å². The molecule has 3 N–H and O–H groups in total. The minimum Gasteiger partial charge on any atom is -0.354 e. The van der Waals surface area contributed by atoms with Crippen LogP contribution in [0.5, 0.6) is 0 Å². The van der Waals surface area contributed by atoms with Crippen molar-refractivity contribution in [2.45, 2.75) is 0 Å². The van der Waals surface area contributed by atoms with Crippen LogP contribution in [0.3, 0.4) is 0 Å². The SMILES string of the molecule is CN1CCN(c2cc(C=C3SC(=O)NC3=O)nc(NCCNC(=O)c3ccccc3)n2)CC1. The van der Waals surface area contributed by atoms with Gasteiger partial charge in [-0.3, -0.25) is 19.7 Å². The molecule has 1 aromatic heterocycles. The van der Waals surface area contributed by atoms with Crippen molar-refractivity contribution in [2.24, 2.45) is 0 Å². The van der Waals surface area contributed by atoms with Gasteiger partial charge in [0.25, 0.3) is 17.1 Å². The molecule has 3 heterocycles. The van der Waals surface area contributed by atoms with Crippen molar-refractivity contribution in [1.82, 2.24) is 25.5 Å². The van der Waals surface area contributed by atoms with Crippen molar-refractivity contribution < 1.29 is 14.4 Å². The molecule has 0 radical (unpaired) electrons. The van der Waals surface area contributed by atoms with Crippen LogP contribution in [0.4, 0.5) is 16.6 Å². The summed E-state index contributed by atoms with van der Waals surface area (Å²) >= 11 is 0.852. The molecule has 11 heteroatoms. The van der Waals surface area contributed by atoms with Gasteiger partial charge in [-0.15, -0.1) is 0 Å². The number of likely N-dealkylation sites (N-methyl/N-ethyl adjacent to an activating group) is 1. The summed E-state index contributed by atoms with van der Waals surface area (Å²) in [6.45, 7) is 4.30. The zero-order valence-corrected chi connectivity index (χ0v) is 19.0. The van der Waals surface area contributed by atoms with Crippen LogP contribution in [0, 0.1) is 0 Å². The van der Waals surface area contributed by atoms with Crippen molar-refractivity contribution in [3.05, 3.63) is 52.6 Å². The number of anilines is 2. The first-order valence-corrected chi connectivity index (χ1v) is 11.4. The molecule has 2 aliphatic rings. The summed E-state index contributed by atoms with van der Waals surface area (Å²) in [4.78, 5) is 49.5. The Bertz CT molecular complexity index is 1070. The van der Waals surface area contributed by atoms with Gasteiger partial charge in [-0.05, 0) is 37.0 Å². The molecule has 2 saturated heterocycles. The van der Waals surface area contributed by atoms with Gasteiger partial charge < -0.3 is 20.4 Å². The van der Waals surface area contributed by atoms with Gasteiger partial charge in [0.2, 0.25) is 5.95 Å². The van der Waals surface area contributed by atoms with Crippen LogP contribution < -0.4 is 20.9 Å². The first-order valence-electron chi connectivity index (χ1n) is 10.6. The second-order valence-electron chi connectivity index (χ2n) is 7.67. The Morgan fingerprint density at radius 1 is 1.12 bits per heavy atom. The summed E-state index contributed by atoms with van der Waals surface area (Å²) in [5.74, 6) is 0.559. The predicted molar refractivity (Wildman–Crippen MR) is 128 cm³/mol. The first-order chi connectivity index (χ1) is 16.0. The van der Waals surface area contributed by atoms with Crippen LogP contribution in [0.25, 0.3) is 6.08 Å². The molecule has 2 fully saturated rings. The fraction of sp³-hybridized carbons (Fsp3) is 0.318. The molecule has 2 aromatic rings. The van der Waals surface area contributed by atoms with Gasteiger partial charge in [-0.25, -0.2) is 4.98 Å². The number of amides is 3. The number of benzene rings is 1.